The number of rotatable bonds is 4. The minimum atomic E-state index is -0.370. The number of benzene rings is 1. The highest BCUT2D eigenvalue weighted by Crippen LogP contribution is 2.18. The number of hydrogen-bond donors (Lipinski definition) is 0. The van der Waals surface area contributed by atoms with E-state index < -0.39 is 0 Å². The zero-order valence-corrected chi connectivity index (χ0v) is 11.7. The van der Waals surface area contributed by atoms with Crippen molar-refractivity contribution in [3.05, 3.63) is 36.7 Å². The molecule has 1 fully saturated rings. The molecule has 2 heterocycles. The average molecular weight is 288 g/mol. The maximum atomic E-state index is 12.5. The SMILES string of the molecule is FCC[C@H]1CN(c2ncnc(-c3ccccc3)n2)CCO1. The molecule has 0 spiro atoms. The second kappa shape index (κ2) is 6.58. The van der Waals surface area contributed by atoms with Crippen molar-refractivity contribution in [1.29, 1.82) is 0 Å². The normalized spacial score (nSPS) is 18.7. The van der Waals surface area contributed by atoms with Crippen LogP contribution in [0.15, 0.2) is 36.7 Å². The van der Waals surface area contributed by atoms with E-state index in [2.05, 4.69) is 15.0 Å². The third-order valence-electron chi connectivity index (χ3n) is 3.44. The molecular formula is C15H17FN4O. The number of ether oxygens (including phenoxy) is 1. The van der Waals surface area contributed by atoms with Gasteiger partial charge in [-0.3, -0.25) is 4.39 Å². The molecule has 0 bridgehead atoms. The van der Waals surface area contributed by atoms with Crippen molar-refractivity contribution in [3.63, 3.8) is 0 Å². The molecule has 0 saturated carbocycles. The average Bonchev–Trinajstić information content (AvgIpc) is 2.56. The molecule has 1 atom stereocenters. The van der Waals surface area contributed by atoms with Gasteiger partial charge in [-0.1, -0.05) is 30.3 Å². The third kappa shape index (κ3) is 3.33. The predicted molar refractivity (Wildman–Crippen MR) is 77.8 cm³/mol. The fraction of sp³-hybridized carbons (Fsp3) is 0.400. The molecule has 0 N–H and O–H groups in total. The Morgan fingerprint density at radius 3 is 2.90 bits per heavy atom. The predicted octanol–water partition coefficient (Wildman–Crippen LogP) is 2.10. The molecule has 0 aliphatic carbocycles. The molecule has 3 rings (SSSR count). The van der Waals surface area contributed by atoms with E-state index in [9.17, 15) is 4.39 Å². The maximum Gasteiger partial charge on any atom is 0.229 e. The van der Waals surface area contributed by atoms with Gasteiger partial charge in [0.2, 0.25) is 5.95 Å². The Kier molecular flexibility index (Phi) is 4.35. The lowest BCUT2D eigenvalue weighted by molar-refractivity contribution is 0.0307. The highest BCUT2D eigenvalue weighted by Gasteiger charge is 2.22. The van der Waals surface area contributed by atoms with Crippen LogP contribution in [-0.4, -0.2) is 47.4 Å². The Morgan fingerprint density at radius 1 is 1.24 bits per heavy atom. The molecule has 5 nitrogen and oxygen atoms in total. The zero-order chi connectivity index (χ0) is 14.5. The van der Waals surface area contributed by atoms with Gasteiger partial charge in [-0.25, -0.2) is 9.97 Å². The lowest BCUT2D eigenvalue weighted by Gasteiger charge is -2.32. The Labute approximate surface area is 122 Å². The number of morpholine rings is 1. The lowest BCUT2D eigenvalue weighted by atomic mass is 10.2. The summed E-state index contributed by atoms with van der Waals surface area (Å²) >= 11 is 0. The Hall–Kier alpha value is -2.08. The number of alkyl halides is 1. The van der Waals surface area contributed by atoms with E-state index in [0.717, 1.165) is 5.56 Å². The van der Waals surface area contributed by atoms with Crippen LogP contribution in [0.5, 0.6) is 0 Å². The summed E-state index contributed by atoms with van der Waals surface area (Å²) in [7, 11) is 0. The number of hydrogen-bond acceptors (Lipinski definition) is 5. The third-order valence-corrected chi connectivity index (χ3v) is 3.44. The van der Waals surface area contributed by atoms with Crippen molar-refractivity contribution < 1.29 is 9.13 Å². The quantitative estimate of drug-likeness (QED) is 0.862. The fourth-order valence-electron chi connectivity index (χ4n) is 2.36. The monoisotopic (exact) mass is 288 g/mol. The molecule has 110 valence electrons. The molecule has 1 aliphatic heterocycles. The zero-order valence-electron chi connectivity index (χ0n) is 11.7. The molecule has 1 saturated heterocycles. The van der Waals surface area contributed by atoms with Crippen LogP contribution in [0.1, 0.15) is 6.42 Å². The molecule has 1 aliphatic rings. The van der Waals surface area contributed by atoms with Gasteiger partial charge in [0.1, 0.15) is 6.33 Å². The summed E-state index contributed by atoms with van der Waals surface area (Å²) in [4.78, 5) is 15.0. The molecular weight excluding hydrogens is 271 g/mol. The highest BCUT2D eigenvalue weighted by molar-refractivity contribution is 5.55. The maximum absolute atomic E-state index is 12.5. The van der Waals surface area contributed by atoms with Crippen LogP contribution in [0.3, 0.4) is 0 Å². The summed E-state index contributed by atoms with van der Waals surface area (Å²) in [6.45, 7) is 1.52. The molecule has 21 heavy (non-hydrogen) atoms. The molecule has 0 unspecified atom stereocenters. The van der Waals surface area contributed by atoms with Crippen LogP contribution in [0.25, 0.3) is 11.4 Å². The van der Waals surface area contributed by atoms with Gasteiger partial charge in [-0.15, -0.1) is 0 Å². The van der Waals surface area contributed by atoms with E-state index in [0.29, 0.717) is 37.9 Å². The van der Waals surface area contributed by atoms with Crippen molar-refractivity contribution in [1.82, 2.24) is 15.0 Å². The minimum absolute atomic E-state index is 0.0966. The van der Waals surface area contributed by atoms with E-state index in [1.165, 1.54) is 6.33 Å². The first-order valence-corrected chi connectivity index (χ1v) is 7.04. The van der Waals surface area contributed by atoms with Gasteiger partial charge in [-0.2, -0.15) is 4.98 Å². The standard InChI is InChI=1S/C15H17FN4O/c16-7-6-13-10-20(8-9-21-13)15-18-11-17-14(19-15)12-4-2-1-3-5-12/h1-5,11,13H,6-10H2/t13-/m0/s1. The summed E-state index contributed by atoms with van der Waals surface area (Å²) in [6, 6.07) is 9.78. The largest absolute Gasteiger partial charge is 0.374 e. The highest BCUT2D eigenvalue weighted by atomic mass is 19.1. The first kappa shape index (κ1) is 13.9. The van der Waals surface area contributed by atoms with Crippen molar-refractivity contribution in [2.45, 2.75) is 12.5 Å². The van der Waals surface area contributed by atoms with E-state index in [-0.39, 0.29) is 12.8 Å². The summed E-state index contributed by atoms with van der Waals surface area (Å²) < 4.78 is 18.0. The van der Waals surface area contributed by atoms with Crippen LogP contribution >= 0.6 is 0 Å². The minimum Gasteiger partial charge on any atom is -0.374 e. The van der Waals surface area contributed by atoms with Crippen LogP contribution in [0.4, 0.5) is 10.3 Å². The van der Waals surface area contributed by atoms with Gasteiger partial charge >= 0.3 is 0 Å². The molecule has 2 aromatic rings. The van der Waals surface area contributed by atoms with Gasteiger partial charge in [0, 0.05) is 25.1 Å². The molecule has 6 heteroatoms. The molecule has 0 radical (unpaired) electrons. The van der Waals surface area contributed by atoms with Crippen LogP contribution < -0.4 is 4.90 Å². The fourth-order valence-corrected chi connectivity index (χ4v) is 2.36. The van der Waals surface area contributed by atoms with E-state index in [1.54, 1.807) is 0 Å². The Balaban J connectivity index is 1.79. The summed E-state index contributed by atoms with van der Waals surface area (Å²) in [5, 5.41) is 0. The van der Waals surface area contributed by atoms with Crippen molar-refractivity contribution in [3.8, 4) is 11.4 Å². The van der Waals surface area contributed by atoms with Gasteiger partial charge in [0.25, 0.3) is 0 Å². The number of nitrogens with zero attached hydrogens (tertiary/aromatic N) is 4. The molecule has 1 aromatic heterocycles. The van der Waals surface area contributed by atoms with Crippen molar-refractivity contribution >= 4 is 5.95 Å². The van der Waals surface area contributed by atoms with Gasteiger partial charge in [-0.05, 0) is 0 Å². The van der Waals surface area contributed by atoms with Gasteiger partial charge < -0.3 is 9.64 Å². The second-order valence-corrected chi connectivity index (χ2v) is 4.89. The Morgan fingerprint density at radius 2 is 2.10 bits per heavy atom. The first-order valence-electron chi connectivity index (χ1n) is 7.04. The summed E-state index contributed by atoms with van der Waals surface area (Å²) in [5.74, 6) is 1.27. The topological polar surface area (TPSA) is 51.1 Å². The summed E-state index contributed by atoms with van der Waals surface area (Å²) in [6.07, 6.45) is 1.83. The lowest BCUT2D eigenvalue weighted by Crippen LogP contribution is -2.43. The number of aromatic nitrogens is 3. The van der Waals surface area contributed by atoms with E-state index >= 15 is 0 Å². The van der Waals surface area contributed by atoms with Crippen LogP contribution in [-0.2, 0) is 4.74 Å². The van der Waals surface area contributed by atoms with Crippen LogP contribution in [0.2, 0.25) is 0 Å². The van der Waals surface area contributed by atoms with Gasteiger partial charge in [0.05, 0.1) is 19.4 Å². The molecule has 0 amide bonds. The second-order valence-electron chi connectivity index (χ2n) is 4.89. The smallest absolute Gasteiger partial charge is 0.229 e. The molecule has 1 aromatic carbocycles. The van der Waals surface area contributed by atoms with Crippen molar-refractivity contribution in [2.24, 2.45) is 0 Å². The van der Waals surface area contributed by atoms with Crippen molar-refractivity contribution in [2.75, 3.05) is 31.3 Å². The van der Waals surface area contributed by atoms with E-state index in [1.807, 2.05) is 35.2 Å². The first-order chi connectivity index (χ1) is 10.4. The van der Waals surface area contributed by atoms with Gasteiger partial charge in [0.15, 0.2) is 5.82 Å². The van der Waals surface area contributed by atoms with E-state index in [4.69, 9.17) is 4.74 Å². The number of anilines is 1. The summed E-state index contributed by atoms with van der Waals surface area (Å²) in [5.41, 5.74) is 0.953. The Bertz CT molecular complexity index is 579. The van der Waals surface area contributed by atoms with Crippen LogP contribution in [0, 0.1) is 0 Å². The number of halogens is 1.